The van der Waals surface area contributed by atoms with E-state index in [0.717, 1.165) is 13.0 Å². The van der Waals surface area contributed by atoms with Crippen LogP contribution in [-0.2, 0) is 6.54 Å². The number of imidazole rings is 1. The molecule has 0 unspecified atom stereocenters. The highest BCUT2D eigenvalue weighted by Crippen LogP contribution is 2.06. The van der Waals surface area contributed by atoms with Crippen molar-refractivity contribution in [1.82, 2.24) is 4.57 Å². The van der Waals surface area contributed by atoms with Crippen molar-refractivity contribution in [2.75, 3.05) is 0 Å². The summed E-state index contributed by atoms with van der Waals surface area (Å²) in [5.74, 6) is 3.14. The third-order valence-corrected chi connectivity index (χ3v) is 1.92. The average Bonchev–Trinajstić information content (AvgIpc) is 2.70. The van der Waals surface area contributed by atoms with Crippen molar-refractivity contribution in [1.29, 1.82) is 0 Å². The van der Waals surface area contributed by atoms with Crippen molar-refractivity contribution in [3.05, 3.63) is 18.7 Å². The second-order valence-electron chi connectivity index (χ2n) is 3.54. The highest BCUT2D eigenvalue weighted by atomic mass is 19.5. The van der Waals surface area contributed by atoms with Gasteiger partial charge in [-0.15, -0.1) is 0 Å². The lowest BCUT2D eigenvalue weighted by molar-refractivity contribution is -0.583. The van der Waals surface area contributed by atoms with E-state index >= 15 is 0 Å². The number of nitrogens with zero attached hydrogens (tertiary/aromatic N) is 2. The maximum atomic E-state index is 9.75. The predicted octanol–water partition coefficient (Wildman–Crippen LogP) is 3.09. The fourth-order valence-electron chi connectivity index (χ4n) is 1.06. The Labute approximate surface area is 105 Å². The smallest absolute Gasteiger partial charge is 0.418 e. The molecule has 0 amide bonds. The average molecular weight is 264 g/mol. The molecular formula is C11H17BF4N2. The van der Waals surface area contributed by atoms with Gasteiger partial charge in [-0.2, -0.15) is 4.57 Å². The van der Waals surface area contributed by atoms with E-state index in [4.69, 9.17) is 0 Å². The molecule has 1 aromatic rings. The summed E-state index contributed by atoms with van der Waals surface area (Å²) < 4.78 is 43.0. The van der Waals surface area contributed by atoms with Crippen LogP contribution in [0.5, 0.6) is 0 Å². The second-order valence-corrected chi connectivity index (χ2v) is 3.54. The van der Waals surface area contributed by atoms with Gasteiger partial charge in [0.1, 0.15) is 18.4 Å². The van der Waals surface area contributed by atoms with Crippen molar-refractivity contribution >= 4 is 7.25 Å². The number of halogens is 4. The minimum atomic E-state index is -6.00. The van der Waals surface area contributed by atoms with Gasteiger partial charge in [-0.05, 0) is 13.3 Å². The van der Waals surface area contributed by atoms with Crippen molar-refractivity contribution in [2.24, 2.45) is 0 Å². The molecule has 0 radical (unpaired) electrons. The first kappa shape index (κ1) is 16.6. The van der Waals surface area contributed by atoms with Crippen LogP contribution in [0, 0.1) is 12.0 Å². The highest BCUT2D eigenvalue weighted by molar-refractivity contribution is 6.50. The zero-order chi connectivity index (χ0) is 14.0. The first-order chi connectivity index (χ1) is 8.36. The van der Waals surface area contributed by atoms with Crippen molar-refractivity contribution in [3.8, 4) is 12.0 Å². The van der Waals surface area contributed by atoms with Gasteiger partial charge in [0.15, 0.2) is 0 Å². The van der Waals surface area contributed by atoms with Gasteiger partial charge < -0.3 is 17.3 Å². The first-order valence-electron chi connectivity index (χ1n) is 5.80. The molecule has 0 saturated carbocycles. The Kier molecular flexibility index (Phi) is 7.93. The van der Waals surface area contributed by atoms with E-state index in [2.05, 4.69) is 30.4 Å². The third-order valence-electron chi connectivity index (χ3n) is 1.92. The summed E-state index contributed by atoms with van der Waals surface area (Å²) in [6, 6.07) is 3.08. The maximum absolute atomic E-state index is 9.75. The molecule has 2 nitrogen and oxygen atoms in total. The summed E-state index contributed by atoms with van der Waals surface area (Å²) in [5.41, 5.74) is 0. The number of hydrogen-bond acceptors (Lipinski definition) is 0. The second kappa shape index (κ2) is 8.62. The van der Waals surface area contributed by atoms with E-state index in [1.165, 1.54) is 12.8 Å². The van der Waals surface area contributed by atoms with E-state index < -0.39 is 7.25 Å². The zero-order valence-electron chi connectivity index (χ0n) is 10.5. The van der Waals surface area contributed by atoms with Crippen LogP contribution in [0.2, 0.25) is 0 Å². The van der Waals surface area contributed by atoms with Crippen LogP contribution in [0.4, 0.5) is 17.3 Å². The molecule has 0 saturated heterocycles. The Morgan fingerprint density at radius 3 is 2.28 bits per heavy atom. The minimum Gasteiger partial charge on any atom is -0.418 e. The SMILES string of the molecule is CCCCC#C[n+]1ccn(CC)c1.F[B-](F)(F)F. The Balaban J connectivity index is 0.000000494. The number of hydrogen-bond donors (Lipinski definition) is 0. The molecule has 0 aromatic carbocycles. The standard InChI is InChI=1S/C11H17N2.BF4/c1-3-5-6-7-8-13-10-9-12(4-2)11-13;2-1(3,4)5/h9-11H,3-6H2,1-2H3;/q+1;-1. The number of aromatic nitrogens is 2. The van der Waals surface area contributed by atoms with Gasteiger partial charge in [0.25, 0.3) is 6.33 Å². The summed E-state index contributed by atoms with van der Waals surface area (Å²) >= 11 is 0. The Morgan fingerprint density at radius 1 is 1.22 bits per heavy atom. The van der Waals surface area contributed by atoms with Gasteiger partial charge >= 0.3 is 7.25 Å². The molecule has 0 N–H and O–H groups in total. The third kappa shape index (κ3) is 11.1. The van der Waals surface area contributed by atoms with E-state index in [1.54, 1.807) is 0 Å². The van der Waals surface area contributed by atoms with E-state index in [1.807, 2.05) is 23.3 Å². The van der Waals surface area contributed by atoms with Crippen molar-refractivity contribution < 1.29 is 21.8 Å². The Hall–Kier alpha value is -1.45. The Bertz CT molecular complexity index is 384. The number of aryl methyl sites for hydroxylation is 1. The topological polar surface area (TPSA) is 8.81 Å². The van der Waals surface area contributed by atoms with Crippen molar-refractivity contribution in [2.45, 2.75) is 39.7 Å². The van der Waals surface area contributed by atoms with Gasteiger partial charge in [-0.3, -0.25) is 0 Å². The molecule has 0 aliphatic carbocycles. The lowest BCUT2D eigenvalue weighted by Gasteiger charge is -1.94. The summed E-state index contributed by atoms with van der Waals surface area (Å²) in [6.07, 6.45) is 9.45. The van der Waals surface area contributed by atoms with Crippen LogP contribution in [0.25, 0.3) is 0 Å². The van der Waals surface area contributed by atoms with E-state index in [9.17, 15) is 17.3 Å². The predicted molar refractivity (Wildman–Crippen MR) is 63.2 cm³/mol. The van der Waals surface area contributed by atoms with Crippen LogP contribution in [-0.4, -0.2) is 11.8 Å². The van der Waals surface area contributed by atoms with Gasteiger partial charge in [0, 0.05) is 6.42 Å². The molecule has 0 aliphatic rings. The summed E-state index contributed by atoms with van der Waals surface area (Å²) in [6.45, 7) is 5.31. The van der Waals surface area contributed by atoms with Crippen LogP contribution >= 0.6 is 0 Å². The molecule has 1 rings (SSSR count). The number of unbranched alkanes of at least 4 members (excludes halogenated alkanes) is 2. The lowest BCUT2D eigenvalue weighted by atomic mass is 10.3. The fourth-order valence-corrected chi connectivity index (χ4v) is 1.06. The van der Waals surface area contributed by atoms with Gasteiger partial charge in [0.2, 0.25) is 0 Å². The van der Waals surface area contributed by atoms with E-state index in [-0.39, 0.29) is 0 Å². The quantitative estimate of drug-likeness (QED) is 0.261. The van der Waals surface area contributed by atoms with Crippen LogP contribution < -0.4 is 4.57 Å². The Morgan fingerprint density at radius 2 is 1.83 bits per heavy atom. The van der Waals surface area contributed by atoms with Crippen LogP contribution in [0.1, 0.15) is 33.1 Å². The highest BCUT2D eigenvalue weighted by Gasteiger charge is 2.20. The molecular weight excluding hydrogens is 247 g/mol. The van der Waals surface area contributed by atoms with Gasteiger partial charge in [0.05, 0.1) is 6.54 Å². The van der Waals surface area contributed by atoms with E-state index in [0.29, 0.717) is 0 Å². The molecule has 0 aliphatic heterocycles. The molecule has 0 fully saturated rings. The molecule has 1 aromatic heterocycles. The fraction of sp³-hybridized carbons (Fsp3) is 0.545. The number of rotatable bonds is 3. The molecule has 102 valence electrons. The normalized spacial score (nSPS) is 10.1. The molecule has 7 heteroatoms. The molecule has 0 atom stereocenters. The molecule has 0 spiro atoms. The molecule has 18 heavy (non-hydrogen) atoms. The lowest BCUT2D eigenvalue weighted by Crippen LogP contribution is -2.24. The largest absolute Gasteiger partial charge is 0.673 e. The van der Waals surface area contributed by atoms with Crippen LogP contribution in [0.3, 0.4) is 0 Å². The monoisotopic (exact) mass is 264 g/mol. The summed E-state index contributed by atoms with van der Waals surface area (Å²) in [5, 5.41) is 0. The molecule has 1 heterocycles. The van der Waals surface area contributed by atoms with Gasteiger partial charge in [-0.1, -0.05) is 19.3 Å². The van der Waals surface area contributed by atoms with Gasteiger partial charge in [-0.25, -0.2) is 4.57 Å². The maximum Gasteiger partial charge on any atom is 0.673 e. The first-order valence-corrected chi connectivity index (χ1v) is 5.80. The zero-order valence-corrected chi connectivity index (χ0v) is 10.5. The van der Waals surface area contributed by atoms with Crippen LogP contribution in [0.15, 0.2) is 18.7 Å². The summed E-state index contributed by atoms with van der Waals surface area (Å²) in [4.78, 5) is 0. The minimum absolute atomic E-state index is 1.00. The van der Waals surface area contributed by atoms with Crippen molar-refractivity contribution in [3.63, 3.8) is 0 Å². The summed E-state index contributed by atoms with van der Waals surface area (Å²) in [7, 11) is -6.00. The molecule has 0 bridgehead atoms.